The van der Waals surface area contributed by atoms with Gasteiger partial charge in [-0.05, 0) is 42.3 Å². The van der Waals surface area contributed by atoms with Gasteiger partial charge in [-0.1, -0.05) is 48.0 Å². The monoisotopic (exact) mass is 389 g/mol. The van der Waals surface area contributed by atoms with Crippen LogP contribution in [-0.2, 0) is 0 Å². The Kier molecular flexibility index (Phi) is 5.10. The fourth-order valence-electron chi connectivity index (χ4n) is 2.89. The third-order valence-corrected chi connectivity index (χ3v) is 4.69. The van der Waals surface area contributed by atoms with Gasteiger partial charge in [0.1, 0.15) is 5.65 Å². The highest BCUT2D eigenvalue weighted by Gasteiger charge is 2.05. The fraction of sp³-hybridized carbons (Fsp3) is 0.0909. The SMILES string of the molecule is CC(N)c1ccc(C=NNc2ccc(-c3cn4cc(Cl)ccc4n3)cc2)cc1. The first-order valence-corrected chi connectivity index (χ1v) is 9.35. The van der Waals surface area contributed by atoms with E-state index in [1.54, 1.807) is 6.21 Å². The molecular weight excluding hydrogens is 370 g/mol. The standard InChI is InChI=1S/C22H20ClN5/c1-15(24)17-4-2-16(3-5-17)12-25-27-20-9-6-18(7-10-20)21-14-28-13-19(23)8-11-22(28)26-21/h2-15,27H,24H2,1H3. The first kappa shape index (κ1) is 18.2. The number of rotatable bonds is 5. The molecule has 0 aliphatic rings. The summed E-state index contributed by atoms with van der Waals surface area (Å²) in [6.07, 6.45) is 5.59. The number of hydrogen-bond donors (Lipinski definition) is 2. The van der Waals surface area contributed by atoms with Gasteiger partial charge in [0.05, 0.1) is 22.6 Å². The van der Waals surface area contributed by atoms with E-state index in [2.05, 4.69) is 15.5 Å². The summed E-state index contributed by atoms with van der Waals surface area (Å²) in [6, 6.07) is 19.8. The number of benzene rings is 2. The molecule has 140 valence electrons. The maximum absolute atomic E-state index is 6.03. The predicted molar refractivity (Wildman–Crippen MR) is 116 cm³/mol. The molecule has 2 aromatic carbocycles. The summed E-state index contributed by atoms with van der Waals surface area (Å²) < 4.78 is 1.92. The summed E-state index contributed by atoms with van der Waals surface area (Å²) in [5.74, 6) is 0. The van der Waals surface area contributed by atoms with Crippen LogP contribution < -0.4 is 11.2 Å². The molecule has 0 aliphatic heterocycles. The van der Waals surface area contributed by atoms with Crippen LogP contribution in [0.3, 0.4) is 0 Å². The first-order valence-electron chi connectivity index (χ1n) is 8.98. The molecule has 0 saturated carbocycles. The lowest BCUT2D eigenvalue weighted by atomic mass is 10.1. The Morgan fingerprint density at radius 1 is 1.04 bits per heavy atom. The van der Waals surface area contributed by atoms with Gasteiger partial charge in [-0.25, -0.2) is 4.98 Å². The van der Waals surface area contributed by atoms with Gasteiger partial charge < -0.3 is 10.1 Å². The minimum Gasteiger partial charge on any atom is -0.324 e. The summed E-state index contributed by atoms with van der Waals surface area (Å²) in [5.41, 5.74) is 14.7. The topological polar surface area (TPSA) is 67.7 Å². The van der Waals surface area contributed by atoms with Crippen molar-refractivity contribution in [2.24, 2.45) is 10.8 Å². The van der Waals surface area contributed by atoms with Crippen molar-refractivity contribution in [2.75, 3.05) is 5.43 Å². The minimum atomic E-state index is 0.0347. The lowest BCUT2D eigenvalue weighted by molar-refractivity contribution is 0.818. The molecule has 2 aromatic heterocycles. The highest BCUT2D eigenvalue weighted by Crippen LogP contribution is 2.22. The van der Waals surface area contributed by atoms with Gasteiger partial charge in [-0.15, -0.1) is 0 Å². The van der Waals surface area contributed by atoms with Crippen LogP contribution in [0.2, 0.25) is 5.02 Å². The second-order valence-corrected chi connectivity index (χ2v) is 7.08. The number of nitrogens with zero attached hydrogens (tertiary/aromatic N) is 3. The lowest BCUT2D eigenvalue weighted by Gasteiger charge is -2.05. The summed E-state index contributed by atoms with van der Waals surface area (Å²) in [6.45, 7) is 1.97. The molecule has 5 nitrogen and oxygen atoms in total. The zero-order valence-electron chi connectivity index (χ0n) is 15.4. The van der Waals surface area contributed by atoms with E-state index in [0.29, 0.717) is 5.02 Å². The van der Waals surface area contributed by atoms with E-state index >= 15 is 0 Å². The van der Waals surface area contributed by atoms with E-state index < -0.39 is 0 Å². The molecule has 6 heteroatoms. The summed E-state index contributed by atoms with van der Waals surface area (Å²) >= 11 is 6.03. The van der Waals surface area contributed by atoms with Crippen LogP contribution >= 0.6 is 11.6 Å². The maximum atomic E-state index is 6.03. The van der Waals surface area contributed by atoms with Crippen LogP contribution in [0.4, 0.5) is 5.69 Å². The van der Waals surface area contributed by atoms with Crippen molar-refractivity contribution in [3.63, 3.8) is 0 Å². The van der Waals surface area contributed by atoms with Crippen molar-refractivity contribution in [2.45, 2.75) is 13.0 Å². The van der Waals surface area contributed by atoms with E-state index in [1.807, 2.05) is 84.4 Å². The lowest BCUT2D eigenvalue weighted by Crippen LogP contribution is -2.04. The molecule has 1 unspecified atom stereocenters. The van der Waals surface area contributed by atoms with Gasteiger partial charge in [-0.3, -0.25) is 5.43 Å². The second-order valence-electron chi connectivity index (χ2n) is 6.64. The van der Waals surface area contributed by atoms with Crippen LogP contribution in [0.15, 0.2) is 78.2 Å². The number of imidazole rings is 1. The Morgan fingerprint density at radius 2 is 1.79 bits per heavy atom. The molecule has 0 bridgehead atoms. The molecule has 2 heterocycles. The molecular formula is C22H20ClN5. The predicted octanol–water partition coefficient (Wildman–Crippen LogP) is 5.12. The van der Waals surface area contributed by atoms with Gasteiger partial charge in [0.2, 0.25) is 0 Å². The molecule has 0 radical (unpaired) electrons. The number of halogens is 1. The molecule has 0 fully saturated rings. The zero-order chi connectivity index (χ0) is 19.5. The Morgan fingerprint density at radius 3 is 2.50 bits per heavy atom. The number of nitrogens with one attached hydrogen (secondary N) is 1. The zero-order valence-corrected chi connectivity index (χ0v) is 16.1. The molecule has 1 atom stereocenters. The van der Waals surface area contributed by atoms with Gasteiger partial charge >= 0.3 is 0 Å². The van der Waals surface area contributed by atoms with Crippen LogP contribution in [-0.4, -0.2) is 15.6 Å². The third-order valence-electron chi connectivity index (χ3n) is 4.47. The van der Waals surface area contributed by atoms with Gasteiger partial charge in [-0.2, -0.15) is 5.10 Å². The number of hydrazone groups is 1. The smallest absolute Gasteiger partial charge is 0.137 e. The highest BCUT2D eigenvalue weighted by atomic mass is 35.5. The quantitative estimate of drug-likeness (QED) is 0.367. The largest absolute Gasteiger partial charge is 0.324 e. The molecule has 0 aliphatic carbocycles. The van der Waals surface area contributed by atoms with Crippen molar-refractivity contribution < 1.29 is 0 Å². The Labute approximate surface area is 168 Å². The van der Waals surface area contributed by atoms with E-state index in [-0.39, 0.29) is 6.04 Å². The van der Waals surface area contributed by atoms with Crippen molar-refractivity contribution in [1.29, 1.82) is 0 Å². The number of nitrogens with two attached hydrogens (primary N) is 1. The summed E-state index contributed by atoms with van der Waals surface area (Å²) in [5, 5.41) is 4.97. The van der Waals surface area contributed by atoms with E-state index in [0.717, 1.165) is 33.7 Å². The van der Waals surface area contributed by atoms with Crippen molar-refractivity contribution >= 4 is 29.2 Å². The average molecular weight is 390 g/mol. The van der Waals surface area contributed by atoms with Crippen molar-refractivity contribution in [3.05, 3.63) is 89.2 Å². The molecule has 3 N–H and O–H groups in total. The Bertz CT molecular complexity index is 1110. The van der Waals surface area contributed by atoms with Gasteiger partial charge in [0.15, 0.2) is 0 Å². The summed E-state index contributed by atoms with van der Waals surface area (Å²) in [7, 11) is 0. The fourth-order valence-corrected chi connectivity index (χ4v) is 3.05. The van der Waals surface area contributed by atoms with E-state index in [9.17, 15) is 0 Å². The average Bonchev–Trinajstić information content (AvgIpc) is 3.12. The minimum absolute atomic E-state index is 0.0347. The number of hydrogen-bond acceptors (Lipinski definition) is 4. The molecule has 0 amide bonds. The van der Waals surface area contributed by atoms with Crippen LogP contribution in [0.1, 0.15) is 24.1 Å². The van der Waals surface area contributed by atoms with Gasteiger partial charge in [0.25, 0.3) is 0 Å². The number of pyridine rings is 1. The molecule has 28 heavy (non-hydrogen) atoms. The molecule has 4 rings (SSSR count). The molecule has 0 spiro atoms. The maximum Gasteiger partial charge on any atom is 0.137 e. The number of aromatic nitrogens is 2. The van der Waals surface area contributed by atoms with E-state index in [4.69, 9.17) is 17.3 Å². The normalized spacial score (nSPS) is 12.5. The van der Waals surface area contributed by atoms with Crippen LogP contribution in [0.25, 0.3) is 16.9 Å². The molecule has 0 saturated heterocycles. The first-order chi connectivity index (χ1) is 13.6. The van der Waals surface area contributed by atoms with Crippen molar-refractivity contribution in [3.8, 4) is 11.3 Å². The van der Waals surface area contributed by atoms with Crippen LogP contribution in [0.5, 0.6) is 0 Å². The Hall–Kier alpha value is -3.15. The summed E-state index contributed by atoms with van der Waals surface area (Å²) in [4.78, 5) is 4.62. The van der Waals surface area contributed by atoms with Gasteiger partial charge in [0, 0.05) is 24.0 Å². The highest BCUT2D eigenvalue weighted by molar-refractivity contribution is 6.30. The number of fused-ring (bicyclic) bond motifs is 1. The second kappa shape index (κ2) is 7.84. The Balaban J connectivity index is 1.44. The molecule has 4 aromatic rings. The van der Waals surface area contributed by atoms with E-state index in [1.165, 1.54) is 0 Å². The number of anilines is 1. The van der Waals surface area contributed by atoms with Crippen LogP contribution in [0, 0.1) is 0 Å². The van der Waals surface area contributed by atoms with Crippen molar-refractivity contribution in [1.82, 2.24) is 9.38 Å². The third kappa shape index (κ3) is 4.06.